The van der Waals surface area contributed by atoms with Crippen molar-refractivity contribution >= 4 is 0 Å². The molecular formula is C39H120O2. The predicted octanol–water partition coefficient (Wildman–Crippen LogP) is 17.8. The fourth-order valence-electron chi connectivity index (χ4n) is 2.06. The van der Waals surface area contributed by atoms with Crippen molar-refractivity contribution in [2.45, 2.75) is 222 Å². The van der Waals surface area contributed by atoms with Crippen LogP contribution in [0.4, 0.5) is 0 Å². The maximum atomic E-state index is 8.90. The van der Waals surface area contributed by atoms with Gasteiger partial charge in [0.25, 0.3) is 0 Å². The van der Waals surface area contributed by atoms with Gasteiger partial charge < -0.3 is 10.2 Å². The van der Waals surface area contributed by atoms with Gasteiger partial charge in [0.1, 0.15) is 0 Å². The fourth-order valence-corrected chi connectivity index (χ4v) is 2.06. The third-order valence-electron chi connectivity index (χ3n) is 3.72. The molecule has 2 heteroatoms. The van der Waals surface area contributed by atoms with Crippen LogP contribution in [0, 0.1) is 23.7 Å². The van der Waals surface area contributed by atoms with E-state index in [-0.39, 0.29) is 149 Å². The van der Waals surface area contributed by atoms with Crippen LogP contribution < -0.4 is 0 Å². The van der Waals surface area contributed by atoms with Gasteiger partial charge in [-0.3, -0.25) is 0 Å². The summed E-state index contributed by atoms with van der Waals surface area (Å²) in [7, 11) is 0. The van der Waals surface area contributed by atoms with E-state index in [0.717, 1.165) is 43.9 Å². The topological polar surface area (TPSA) is 40.5 Å². The summed E-state index contributed by atoms with van der Waals surface area (Å²) in [6.07, 6.45) is 9.94. The van der Waals surface area contributed by atoms with Crippen LogP contribution in [-0.4, -0.2) is 23.4 Å². The summed E-state index contributed by atoms with van der Waals surface area (Å²) < 4.78 is 0. The van der Waals surface area contributed by atoms with Crippen molar-refractivity contribution < 1.29 is 10.2 Å². The number of rotatable bonds is 10. The first-order valence-corrected chi connectivity index (χ1v) is 8.77. The van der Waals surface area contributed by atoms with E-state index in [4.69, 9.17) is 10.2 Å². The molecule has 0 saturated heterocycles. The minimum absolute atomic E-state index is 0. The van der Waals surface area contributed by atoms with Gasteiger partial charge in [0.2, 0.25) is 0 Å². The fraction of sp³-hybridized carbons (Fsp3) is 0.949. The van der Waals surface area contributed by atoms with Crippen molar-refractivity contribution in [2.24, 2.45) is 23.7 Å². The monoisotopic (exact) mass is 621 g/mol. The van der Waals surface area contributed by atoms with Crippen LogP contribution in [0.15, 0.2) is 12.2 Å². The first-order chi connectivity index (χ1) is 9.90. The summed E-state index contributed by atoms with van der Waals surface area (Å²) in [5.74, 6) is 2.47. The zero-order chi connectivity index (χ0) is 16.7. The van der Waals surface area contributed by atoms with Gasteiger partial charge in [0, 0.05) is 13.2 Å². The van der Waals surface area contributed by atoms with Crippen molar-refractivity contribution in [1.82, 2.24) is 0 Å². The maximum absolute atomic E-state index is 8.90. The highest BCUT2D eigenvalue weighted by Crippen LogP contribution is 2.13. The predicted molar refractivity (Wildman–Crippen MR) is 229 cm³/mol. The average molecular weight is 621 g/mol. The highest BCUT2D eigenvalue weighted by atomic mass is 16.3. The van der Waals surface area contributed by atoms with Gasteiger partial charge >= 0.3 is 0 Å². The minimum atomic E-state index is 0. The highest BCUT2D eigenvalue weighted by molar-refractivity contribution is 4.84. The Bertz CT molecular complexity index is 216. The molecule has 0 aromatic heterocycles. The molecule has 2 unspecified atom stereocenters. The van der Waals surface area contributed by atoms with Gasteiger partial charge in [-0.25, -0.2) is 0 Å². The van der Waals surface area contributed by atoms with E-state index in [1.54, 1.807) is 0 Å². The lowest BCUT2D eigenvalue weighted by atomic mass is 9.96. The van der Waals surface area contributed by atoms with Crippen LogP contribution in [-0.2, 0) is 0 Å². The van der Waals surface area contributed by atoms with E-state index in [9.17, 15) is 0 Å². The SMILES string of the molecule is C.C.C.C.C.C.C.C.C.C.C.C.C.C.C.C.C.C.C.C.CCC(CO)CC(C)C.CCC(CO)CC=CCC(C)C. The second-order valence-corrected chi connectivity index (χ2v) is 6.88. The van der Waals surface area contributed by atoms with E-state index in [1.807, 2.05) is 0 Å². The van der Waals surface area contributed by atoms with Gasteiger partial charge in [-0.05, 0) is 42.9 Å². The molecule has 2 N–H and O–H groups in total. The van der Waals surface area contributed by atoms with Crippen molar-refractivity contribution in [1.29, 1.82) is 0 Å². The highest BCUT2D eigenvalue weighted by Gasteiger charge is 2.05. The van der Waals surface area contributed by atoms with Crippen LogP contribution >= 0.6 is 0 Å². The summed E-state index contributed by atoms with van der Waals surface area (Å²) >= 11 is 0. The zero-order valence-corrected chi connectivity index (χ0v) is 15.3. The van der Waals surface area contributed by atoms with Crippen LogP contribution in [0.25, 0.3) is 0 Å². The Morgan fingerprint density at radius 2 is 0.634 bits per heavy atom. The number of aliphatic hydroxyl groups excluding tert-OH is 2. The molecule has 0 aliphatic heterocycles. The zero-order valence-electron chi connectivity index (χ0n) is 15.3. The number of hydrogen-bond acceptors (Lipinski definition) is 2. The summed E-state index contributed by atoms with van der Waals surface area (Å²) in [4.78, 5) is 0. The summed E-state index contributed by atoms with van der Waals surface area (Å²) in [5.41, 5.74) is 0. The molecular weight excluding hydrogens is 500 g/mol. The molecule has 0 radical (unpaired) electrons. The number of hydrogen-bond donors (Lipinski definition) is 2. The molecule has 0 spiro atoms. The lowest BCUT2D eigenvalue weighted by Crippen LogP contribution is -2.07. The summed E-state index contributed by atoms with van der Waals surface area (Å²) in [6, 6.07) is 0. The van der Waals surface area contributed by atoms with Crippen molar-refractivity contribution in [2.75, 3.05) is 13.2 Å². The first-order valence-electron chi connectivity index (χ1n) is 8.77. The van der Waals surface area contributed by atoms with E-state index >= 15 is 0 Å². The second kappa shape index (κ2) is 139. The average Bonchev–Trinajstić information content (AvgIpc) is 2.45. The van der Waals surface area contributed by atoms with Gasteiger partial charge in [-0.15, -0.1) is 0 Å². The quantitative estimate of drug-likeness (QED) is 0.238. The Morgan fingerprint density at radius 3 is 0.780 bits per heavy atom. The van der Waals surface area contributed by atoms with E-state index in [2.05, 4.69) is 53.7 Å². The normalized spacial score (nSPS) is 7.37. The van der Waals surface area contributed by atoms with Crippen LogP contribution in [0.1, 0.15) is 222 Å². The van der Waals surface area contributed by atoms with E-state index in [0.29, 0.717) is 25.0 Å². The minimum Gasteiger partial charge on any atom is -0.396 e. The summed E-state index contributed by atoms with van der Waals surface area (Å²) in [5, 5.41) is 17.7. The first kappa shape index (κ1) is 184. The molecule has 0 bridgehead atoms. The Hall–Kier alpha value is -0.340. The molecule has 0 rings (SSSR count). The van der Waals surface area contributed by atoms with Crippen molar-refractivity contribution in [3.63, 3.8) is 0 Å². The largest absolute Gasteiger partial charge is 0.396 e. The Balaban J connectivity index is -0.00000000598. The van der Waals surface area contributed by atoms with E-state index in [1.165, 1.54) is 0 Å². The molecule has 0 amide bonds. The lowest BCUT2D eigenvalue weighted by Gasteiger charge is -2.12. The van der Waals surface area contributed by atoms with Gasteiger partial charge in [0.05, 0.1) is 0 Å². The van der Waals surface area contributed by atoms with Crippen LogP contribution in [0.3, 0.4) is 0 Å². The number of allylic oxidation sites excluding steroid dienone is 2. The van der Waals surface area contributed by atoms with Crippen molar-refractivity contribution in [3.05, 3.63) is 12.2 Å². The summed E-state index contributed by atoms with van der Waals surface area (Å²) in [6.45, 7) is 13.7. The standard InChI is InChI=1S/C11H22O.C8H18O.20CH4/c1-4-11(9-12)8-6-5-7-10(2)3;1-4-8(6-9)5-7(2)3;;;;;;;;;;;;;;;;;;;;/h5-6,10-12H,4,7-9H2,1-3H3;7-9H,4-6H2,1-3H3;20*1H4. The molecule has 0 heterocycles. The lowest BCUT2D eigenvalue weighted by molar-refractivity contribution is 0.202. The molecule has 2 atom stereocenters. The molecule has 0 aliphatic rings. The molecule has 41 heavy (non-hydrogen) atoms. The Morgan fingerprint density at radius 1 is 0.390 bits per heavy atom. The molecule has 0 aromatic rings. The van der Waals surface area contributed by atoms with Crippen LogP contribution in [0.5, 0.6) is 0 Å². The molecule has 0 fully saturated rings. The van der Waals surface area contributed by atoms with Gasteiger partial charge in [0.15, 0.2) is 0 Å². The Labute approximate surface area is 281 Å². The molecule has 0 saturated carbocycles. The Kier molecular flexibility index (Phi) is 622. The maximum Gasteiger partial charge on any atom is 0.0462 e. The third-order valence-corrected chi connectivity index (χ3v) is 3.72. The van der Waals surface area contributed by atoms with Crippen LogP contribution in [0.2, 0.25) is 0 Å². The molecule has 0 aromatic carbocycles. The van der Waals surface area contributed by atoms with Gasteiger partial charge in [-0.2, -0.15) is 0 Å². The molecule has 0 aliphatic carbocycles. The second-order valence-electron chi connectivity index (χ2n) is 6.88. The molecule has 2 nitrogen and oxygen atoms in total. The van der Waals surface area contributed by atoms with Gasteiger partial charge in [-0.1, -0.05) is 215 Å². The van der Waals surface area contributed by atoms with Crippen molar-refractivity contribution in [3.8, 4) is 0 Å². The van der Waals surface area contributed by atoms with E-state index < -0.39 is 0 Å². The molecule has 288 valence electrons. The smallest absolute Gasteiger partial charge is 0.0462 e. The number of aliphatic hydroxyl groups is 2. The third kappa shape index (κ3) is 162.